The van der Waals surface area contributed by atoms with Crippen LogP contribution in [0, 0.1) is 0 Å². The van der Waals surface area contributed by atoms with Gasteiger partial charge in [-0.15, -0.1) is 0 Å². The Bertz CT molecular complexity index is 299. The number of hydrogen-bond acceptors (Lipinski definition) is 4. The molecule has 0 fully saturated rings. The van der Waals surface area contributed by atoms with E-state index in [1.807, 2.05) is 0 Å². The van der Waals surface area contributed by atoms with Gasteiger partial charge in [-0.05, 0) is 19.3 Å². The second-order valence-corrected chi connectivity index (χ2v) is 6.62. The van der Waals surface area contributed by atoms with Crippen molar-refractivity contribution in [2.45, 2.75) is 64.2 Å². The number of hydrogen-bond donors (Lipinski definition) is 0. The van der Waals surface area contributed by atoms with E-state index in [2.05, 4.69) is 0 Å². The molecule has 0 amide bonds. The van der Waals surface area contributed by atoms with Gasteiger partial charge in [0.2, 0.25) is 0 Å². The van der Waals surface area contributed by atoms with Gasteiger partial charge >= 0.3 is 29.6 Å². The molecule has 122 valence electrons. The molecule has 0 spiro atoms. The van der Waals surface area contributed by atoms with Crippen molar-refractivity contribution in [3.8, 4) is 0 Å². The number of halogens is 1. The van der Waals surface area contributed by atoms with Gasteiger partial charge in [0.15, 0.2) is 0 Å². The first-order chi connectivity index (χ1) is 9.56. The maximum Gasteiger partial charge on any atom is 1.00 e. The zero-order valence-corrected chi connectivity index (χ0v) is 16.1. The molecule has 0 aromatic heterocycles. The Kier molecular flexibility index (Phi) is 19.7. The summed E-state index contributed by atoms with van der Waals surface area (Å²) in [6.45, 7) is 0.784. The fraction of sp³-hybridized carbons (Fsp3) is 1.00. The van der Waals surface area contributed by atoms with Crippen LogP contribution < -0.4 is 29.6 Å². The summed E-state index contributed by atoms with van der Waals surface area (Å²) in [5.41, 5.74) is 0. The normalized spacial score (nSPS) is 11.3. The number of rotatable bonds is 15. The van der Waals surface area contributed by atoms with Gasteiger partial charge < -0.3 is 9.29 Å². The average molecular weight is 334 g/mol. The van der Waals surface area contributed by atoms with E-state index < -0.39 is 10.1 Å². The summed E-state index contributed by atoms with van der Waals surface area (Å²) in [4.78, 5) is 0. The predicted molar refractivity (Wildman–Crippen MR) is 77.5 cm³/mol. The maximum atomic E-state index is 11.8. The molecule has 0 rings (SSSR count). The Hall–Kier alpha value is 0.800. The Labute approximate surface area is 151 Å². The summed E-state index contributed by atoms with van der Waals surface area (Å²) in [6, 6.07) is 0. The van der Waals surface area contributed by atoms with E-state index in [4.69, 9.17) is 4.74 Å². The second kappa shape index (κ2) is 17.2. The molecule has 21 heavy (non-hydrogen) atoms. The van der Waals surface area contributed by atoms with Crippen molar-refractivity contribution in [2.75, 3.05) is 25.6 Å². The third-order valence-corrected chi connectivity index (χ3v) is 3.89. The van der Waals surface area contributed by atoms with Crippen molar-refractivity contribution in [1.82, 2.24) is 0 Å². The van der Waals surface area contributed by atoms with Gasteiger partial charge in [0, 0.05) is 19.0 Å². The van der Waals surface area contributed by atoms with Gasteiger partial charge in [0.1, 0.15) is 0 Å². The molecule has 0 bridgehead atoms. The fourth-order valence-corrected chi connectivity index (χ4v) is 2.45. The zero-order chi connectivity index (χ0) is 15.1. The molecule has 7 heteroatoms. The fourth-order valence-electron chi connectivity index (χ4n) is 1.98. The summed E-state index contributed by atoms with van der Waals surface area (Å²) in [5.74, 6) is -0.338. The zero-order valence-electron chi connectivity index (χ0n) is 13.3. The van der Waals surface area contributed by atoms with Crippen molar-refractivity contribution in [3.05, 3.63) is 0 Å². The molecule has 0 radical (unpaired) electrons. The van der Waals surface area contributed by atoms with Crippen LogP contribution in [0.4, 0.5) is 4.39 Å². The van der Waals surface area contributed by atoms with Gasteiger partial charge in [-0.2, -0.15) is 0 Å². The topological polar surface area (TPSA) is 66.4 Å². The molecule has 0 aromatic carbocycles. The number of unbranched alkanes of at least 4 members (excludes halogenated alkanes) is 8. The minimum Gasteiger partial charge on any atom is -0.748 e. The summed E-state index contributed by atoms with van der Waals surface area (Å²) < 4.78 is 48.0. The Morgan fingerprint density at radius 2 is 1.19 bits per heavy atom. The molecule has 0 aliphatic rings. The van der Waals surface area contributed by atoms with E-state index in [0.29, 0.717) is 19.6 Å². The van der Waals surface area contributed by atoms with E-state index in [1.54, 1.807) is 0 Å². The van der Waals surface area contributed by atoms with Crippen LogP contribution in [0.5, 0.6) is 0 Å². The molecular formula is C14H28FNaO4S. The van der Waals surface area contributed by atoms with Crippen LogP contribution in [0.25, 0.3) is 0 Å². The first kappa shape index (κ1) is 24.1. The van der Waals surface area contributed by atoms with E-state index in [9.17, 15) is 17.4 Å². The summed E-state index contributed by atoms with van der Waals surface area (Å²) in [6.07, 6.45) is 10.0. The maximum absolute atomic E-state index is 11.8. The number of ether oxygens (including phenoxy) is 1. The molecular weight excluding hydrogens is 306 g/mol. The SMILES string of the molecule is O=S(=O)([O-])CCCOCCCCCCCCCCCF.[Na+]. The van der Waals surface area contributed by atoms with Crippen molar-refractivity contribution in [3.63, 3.8) is 0 Å². The standard InChI is InChI=1S/C14H29FO4S.Na/c15-11-8-6-4-2-1-3-5-7-9-12-19-13-10-14-20(16,17)18;/h1-14H2,(H,16,17,18);/q;+1/p-1. The van der Waals surface area contributed by atoms with Gasteiger partial charge in [-0.25, -0.2) is 8.42 Å². The molecule has 0 aliphatic carbocycles. The Balaban J connectivity index is 0. The summed E-state index contributed by atoms with van der Waals surface area (Å²) in [7, 11) is -4.09. The van der Waals surface area contributed by atoms with Gasteiger partial charge in [-0.3, -0.25) is 4.39 Å². The molecule has 0 N–H and O–H groups in total. The van der Waals surface area contributed by atoms with E-state index >= 15 is 0 Å². The van der Waals surface area contributed by atoms with Crippen LogP contribution in [-0.4, -0.2) is 38.6 Å². The largest absolute Gasteiger partial charge is 1.00 e. The minimum atomic E-state index is -4.09. The molecule has 0 unspecified atom stereocenters. The first-order valence-corrected chi connectivity index (χ1v) is 9.21. The third-order valence-electron chi connectivity index (χ3n) is 3.11. The first-order valence-electron chi connectivity index (χ1n) is 7.63. The predicted octanol–water partition coefficient (Wildman–Crippen LogP) is 0.423. The van der Waals surface area contributed by atoms with Gasteiger partial charge in [0.25, 0.3) is 0 Å². The average Bonchev–Trinajstić information content (AvgIpc) is 2.38. The molecule has 0 saturated heterocycles. The van der Waals surface area contributed by atoms with Crippen LogP contribution in [0.1, 0.15) is 64.2 Å². The molecule has 0 heterocycles. The smallest absolute Gasteiger partial charge is 0.748 e. The van der Waals surface area contributed by atoms with E-state index in [1.165, 1.54) is 25.7 Å². The molecule has 0 aliphatic heterocycles. The molecule has 0 atom stereocenters. The number of alkyl halides is 1. The van der Waals surface area contributed by atoms with E-state index in [0.717, 1.165) is 25.7 Å². The molecule has 0 aromatic rings. The quantitative estimate of drug-likeness (QED) is 0.247. The van der Waals surface area contributed by atoms with Crippen LogP contribution in [0.3, 0.4) is 0 Å². The van der Waals surface area contributed by atoms with Crippen molar-refractivity contribution in [1.29, 1.82) is 0 Å². The summed E-state index contributed by atoms with van der Waals surface area (Å²) in [5, 5.41) is 0. The van der Waals surface area contributed by atoms with Crippen LogP contribution >= 0.6 is 0 Å². The Morgan fingerprint density at radius 3 is 1.67 bits per heavy atom. The van der Waals surface area contributed by atoms with Gasteiger partial charge in [-0.1, -0.05) is 44.9 Å². The third kappa shape index (κ3) is 23.2. The minimum absolute atomic E-state index is 0. The molecule has 4 nitrogen and oxygen atoms in total. The van der Waals surface area contributed by atoms with Crippen LogP contribution in [-0.2, 0) is 14.9 Å². The van der Waals surface area contributed by atoms with E-state index in [-0.39, 0.29) is 48.4 Å². The van der Waals surface area contributed by atoms with Crippen LogP contribution in [0.15, 0.2) is 0 Å². The van der Waals surface area contributed by atoms with Crippen LogP contribution in [0.2, 0.25) is 0 Å². The second-order valence-electron chi connectivity index (χ2n) is 5.10. The molecule has 0 saturated carbocycles. The summed E-state index contributed by atoms with van der Waals surface area (Å²) >= 11 is 0. The Morgan fingerprint density at radius 1 is 0.762 bits per heavy atom. The van der Waals surface area contributed by atoms with Crippen molar-refractivity contribution in [2.24, 2.45) is 0 Å². The van der Waals surface area contributed by atoms with Crippen molar-refractivity contribution < 1.29 is 51.7 Å². The monoisotopic (exact) mass is 334 g/mol. The van der Waals surface area contributed by atoms with Gasteiger partial charge in [0.05, 0.1) is 16.8 Å². The van der Waals surface area contributed by atoms with Crippen molar-refractivity contribution >= 4 is 10.1 Å².